The average molecular weight is 301 g/mol. The molecule has 116 valence electrons. The van der Waals surface area contributed by atoms with Crippen LogP contribution in [0.15, 0.2) is 24.3 Å². The quantitative estimate of drug-likeness (QED) is 0.855. The molecule has 1 aliphatic heterocycles. The Morgan fingerprint density at radius 3 is 2.45 bits per heavy atom. The fourth-order valence-electron chi connectivity index (χ4n) is 2.56. The van der Waals surface area contributed by atoms with Crippen LogP contribution in [0.5, 0.6) is 0 Å². The van der Waals surface area contributed by atoms with E-state index >= 15 is 0 Å². The number of hydrogen-bond acceptors (Lipinski definition) is 3. The topological polar surface area (TPSA) is 69.7 Å². The summed E-state index contributed by atoms with van der Waals surface area (Å²) in [5.41, 5.74) is 1.75. The number of benzene rings is 1. The van der Waals surface area contributed by atoms with E-state index in [1.165, 1.54) is 4.90 Å². The summed E-state index contributed by atoms with van der Waals surface area (Å²) in [5.74, 6) is -0.612. The van der Waals surface area contributed by atoms with E-state index < -0.39 is 12.1 Å². The molecular weight excluding hydrogens is 282 g/mol. The third kappa shape index (κ3) is 2.68. The number of anilines is 1. The Morgan fingerprint density at radius 1 is 1.23 bits per heavy atom. The third-order valence-electron chi connectivity index (χ3n) is 4.00. The molecule has 0 aromatic heterocycles. The van der Waals surface area contributed by atoms with E-state index in [1.807, 2.05) is 31.2 Å². The van der Waals surface area contributed by atoms with E-state index in [0.29, 0.717) is 5.69 Å². The number of nitrogens with zero attached hydrogens (tertiary/aromatic N) is 2. The SMILES string of the molecule is Cc1ccc(N2C(=O)N(CC(=O)NC3CC3)C(=O)[C@@H]2C)cc1. The maximum atomic E-state index is 12.5. The lowest BCUT2D eigenvalue weighted by Gasteiger charge is -2.19. The molecule has 6 nitrogen and oxygen atoms in total. The normalized spacial score (nSPS) is 21.5. The number of aryl methyl sites for hydroxylation is 1. The Morgan fingerprint density at radius 2 is 1.86 bits per heavy atom. The summed E-state index contributed by atoms with van der Waals surface area (Å²) in [6.45, 7) is 3.43. The van der Waals surface area contributed by atoms with Crippen LogP contribution in [0.3, 0.4) is 0 Å². The van der Waals surface area contributed by atoms with Crippen molar-refractivity contribution in [3.8, 4) is 0 Å². The molecule has 1 aromatic carbocycles. The molecule has 0 bridgehead atoms. The van der Waals surface area contributed by atoms with Crippen LogP contribution in [0, 0.1) is 6.92 Å². The van der Waals surface area contributed by atoms with E-state index in [1.54, 1.807) is 6.92 Å². The number of amides is 4. The summed E-state index contributed by atoms with van der Waals surface area (Å²) in [6, 6.07) is 6.59. The van der Waals surface area contributed by atoms with Crippen molar-refractivity contribution >= 4 is 23.5 Å². The minimum Gasteiger partial charge on any atom is -0.352 e. The van der Waals surface area contributed by atoms with Crippen LogP contribution < -0.4 is 10.2 Å². The van der Waals surface area contributed by atoms with Crippen molar-refractivity contribution in [1.29, 1.82) is 0 Å². The zero-order chi connectivity index (χ0) is 15.9. The second-order valence-corrected chi connectivity index (χ2v) is 5.93. The molecule has 4 amide bonds. The Labute approximate surface area is 129 Å². The molecular formula is C16H19N3O3. The second kappa shape index (κ2) is 5.44. The minimum absolute atomic E-state index is 0.207. The van der Waals surface area contributed by atoms with Gasteiger partial charge < -0.3 is 5.32 Å². The van der Waals surface area contributed by atoms with Gasteiger partial charge in [0.25, 0.3) is 5.91 Å². The monoisotopic (exact) mass is 301 g/mol. The highest BCUT2D eigenvalue weighted by molar-refractivity contribution is 6.15. The van der Waals surface area contributed by atoms with E-state index in [9.17, 15) is 14.4 Å². The number of carbonyl (C=O) groups excluding carboxylic acids is 3. The summed E-state index contributed by atoms with van der Waals surface area (Å²) in [5, 5.41) is 2.80. The number of urea groups is 1. The number of rotatable bonds is 4. The average Bonchev–Trinajstić information content (AvgIpc) is 3.26. The van der Waals surface area contributed by atoms with Crippen LogP contribution in [0.25, 0.3) is 0 Å². The fourth-order valence-corrected chi connectivity index (χ4v) is 2.56. The van der Waals surface area contributed by atoms with Gasteiger partial charge in [0.1, 0.15) is 12.6 Å². The van der Waals surface area contributed by atoms with Crippen LogP contribution in [0.2, 0.25) is 0 Å². The van der Waals surface area contributed by atoms with Crippen molar-refractivity contribution < 1.29 is 14.4 Å². The van der Waals surface area contributed by atoms with Crippen LogP contribution in [-0.4, -0.2) is 41.4 Å². The van der Waals surface area contributed by atoms with Gasteiger partial charge in [-0.25, -0.2) is 4.79 Å². The second-order valence-electron chi connectivity index (χ2n) is 5.93. The van der Waals surface area contributed by atoms with Gasteiger partial charge in [-0.15, -0.1) is 0 Å². The summed E-state index contributed by atoms with van der Waals surface area (Å²) in [6.07, 6.45) is 1.94. The largest absolute Gasteiger partial charge is 0.352 e. The highest BCUT2D eigenvalue weighted by Gasteiger charge is 2.44. The lowest BCUT2D eigenvalue weighted by molar-refractivity contribution is -0.131. The smallest absolute Gasteiger partial charge is 0.332 e. The third-order valence-corrected chi connectivity index (χ3v) is 4.00. The predicted octanol–water partition coefficient (Wildman–Crippen LogP) is 1.43. The lowest BCUT2D eigenvalue weighted by Crippen LogP contribution is -2.42. The Hall–Kier alpha value is -2.37. The molecule has 1 aromatic rings. The van der Waals surface area contributed by atoms with E-state index in [4.69, 9.17) is 0 Å². The zero-order valence-corrected chi connectivity index (χ0v) is 12.7. The molecule has 6 heteroatoms. The van der Waals surface area contributed by atoms with Crippen molar-refractivity contribution in [2.45, 2.75) is 38.8 Å². The molecule has 1 N–H and O–H groups in total. The molecule has 1 aliphatic carbocycles. The van der Waals surface area contributed by atoms with Gasteiger partial charge >= 0.3 is 6.03 Å². The molecule has 0 spiro atoms. The molecule has 22 heavy (non-hydrogen) atoms. The van der Waals surface area contributed by atoms with E-state index in [-0.39, 0.29) is 24.4 Å². The Bertz CT molecular complexity index is 622. The summed E-state index contributed by atoms with van der Waals surface area (Å²) < 4.78 is 0. The van der Waals surface area contributed by atoms with Gasteiger partial charge in [0.2, 0.25) is 5.91 Å². The van der Waals surface area contributed by atoms with Gasteiger partial charge in [-0.3, -0.25) is 19.4 Å². The Kier molecular flexibility index (Phi) is 3.60. The van der Waals surface area contributed by atoms with Crippen LogP contribution in [0.4, 0.5) is 10.5 Å². The number of hydrogen-bond donors (Lipinski definition) is 1. The van der Waals surface area contributed by atoms with Gasteiger partial charge in [-0.2, -0.15) is 0 Å². The first-order valence-electron chi connectivity index (χ1n) is 7.48. The van der Waals surface area contributed by atoms with E-state index in [2.05, 4.69) is 5.32 Å². The highest BCUT2D eigenvalue weighted by Crippen LogP contribution is 2.26. The first-order chi connectivity index (χ1) is 10.5. The number of nitrogens with one attached hydrogen (secondary N) is 1. The molecule has 0 unspecified atom stereocenters. The van der Waals surface area contributed by atoms with Gasteiger partial charge in [0, 0.05) is 11.7 Å². The van der Waals surface area contributed by atoms with Gasteiger partial charge in [0.05, 0.1) is 0 Å². The maximum Gasteiger partial charge on any atom is 0.332 e. The van der Waals surface area contributed by atoms with Gasteiger partial charge in [-0.1, -0.05) is 17.7 Å². The van der Waals surface area contributed by atoms with Crippen molar-refractivity contribution in [1.82, 2.24) is 10.2 Å². The summed E-state index contributed by atoms with van der Waals surface area (Å²) >= 11 is 0. The zero-order valence-electron chi connectivity index (χ0n) is 12.7. The molecule has 3 rings (SSSR count). The molecule has 0 radical (unpaired) electrons. The van der Waals surface area contributed by atoms with E-state index in [0.717, 1.165) is 23.3 Å². The fraction of sp³-hybridized carbons (Fsp3) is 0.438. The molecule has 1 saturated carbocycles. The minimum atomic E-state index is -0.594. The van der Waals surface area contributed by atoms with Crippen LogP contribution in [0.1, 0.15) is 25.3 Å². The lowest BCUT2D eigenvalue weighted by atomic mass is 10.2. The molecule has 1 heterocycles. The summed E-state index contributed by atoms with van der Waals surface area (Å²) in [4.78, 5) is 39.1. The van der Waals surface area contributed by atoms with Crippen molar-refractivity contribution in [3.63, 3.8) is 0 Å². The first-order valence-corrected chi connectivity index (χ1v) is 7.48. The van der Waals surface area contributed by atoms with Crippen LogP contribution >= 0.6 is 0 Å². The van der Waals surface area contributed by atoms with Crippen molar-refractivity contribution in [2.24, 2.45) is 0 Å². The van der Waals surface area contributed by atoms with Crippen molar-refractivity contribution in [3.05, 3.63) is 29.8 Å². The first kappa shape index (κ1) is 14.6. The highest BCUT2D eigenvalue weighted by atomic mass is 16.2. The summed E-state index contributed by atoms with van der Waals surface area (Å²) in [7, 11) is 0. The predicted molar refractivity (Wildman–Crippen MR) is 81.4 cm³/mol. The van der Waals surface area contributed by atoms with Gasteiger partial charge in [-0.05, 0) is 38.8 Å². The van der Waals surface area contributed by atoms with Crippen LogP contribution in [-0.2, 0) is 9.59 Å². The van der Waals surface area contributed by atoms with Gasteiger partial charge in [0.15, 0.2) is 0 Å². The maximum absolute atomic E-state index is 12.5. The molecule has 2 fully saturated rings. The molecule has 1 atom stereocenters. The van der Waals surface area contributed by atoms with Crippen molar-refractivity contribution in [2.75, 3.05) is 11.4 Å². The molecule has 2 aliphatic rings. The standard InChI is InChI=1S/C16H19N3O3/c1-10-3-7-13(8-4-10)19-11(2)15(21)18(16(19)22)9-14(20)17-12-5-6-12/h3-4,7-8,11-12H,5-6,9H2,1-2H3,(H,17,20)/t11-/m0/s1. The number of imide groups is 1. The Balaban J connectivity index is 1.76. The molecule has 1 saturated heterocycles. The number of carbonyl (C=O) groups is 3.